The van der Waals surface area contributed by atoms with E-state index in [0.717, 1.165) is 0 Å². The molecule has 0 saturated heterocycles. The van der Waals surface area contributed by atoms with E-state index in [4.69, 9.17) is 0 Å². The van der Waals surface area contributed by atoms with Gasteiger partial charge in [0, 0.05) is 0 Å². The first-order valence-corrected chi connectivity index (χ1v) is 5.91. The van der Waals surface area contributed by atoms with Crippen molar-refractivity contribution in [2.24, 2.45) is 0 Å². The van der Waals surface area contributed by atoms with Gasteiger partial charge in [-0.05, 0) is 38.2 Å². The monoisotopic (exact) mass is 201 g/mol. The minimum atomic E-state index is 1.19. The average Bonchev–Trinajstić information content (AvgIpc) is 2.29. The molecule has 0 saturated carbocycles. The summed E-state index contributed by atoms with van der Waals surface area (Å²) in [6.45, 7) is 3.68. The Morgan fingerprint density at radius 2 is 1.67 bits per heavy atom. The van der Waals surface area contributed by atoms with E-state index in [2.05, 4.69) is 43.3 Å². The molecule has 1 radical (unpaired) electrons. The van der Waals surface area contributed by atoms with E-state index in [0.29, 0.717) is 0 Å². The zero-order valence-corrected chi connectivity index (χ0v) is 9.49. The van der Waals surface area contributed by atoms with E-state index in [1.54, 1.807) is 0 Å². The highest BCUT2D eigenvalue weighted by Crippen LogP contribution is 2.08. The van der Waals surface area contributed by atoms with E-state index in [-0.39, 0.29) is 0 Å². The largest absolute Gasteiger partial charge is 0.0885 e. The summed E-state index contributed by atoms with van der Waals surface area (Å²) in [5.41, 5.74) is 1.47. The Bertz CT molecular complexity index is 259. The van der Waals surface area contributed by atoms with Crippen LogP contribution in [-0.4, -0.2) is 0 Å². The molecule has 0 aliphatic rings. The lowest BCUT2D eigenvalue weighted by Gasteiger charge is -2.00. The van der Waals surface area contributed by atoms with Crippen molar-refractivity contribution in [3.8, 4) is 0 Å². The first kappa shape index (κ1) is 12.0. The lowest BCUT2D eigenvalue weighted by Crippen LogP contribution is -1.85. The molecule has 0 nitrogen and oxygen atoms in total. The topological polar surface area (TPSA) is 0 Å². The molecule has 0 spiro atoms. The van der Waals surface area contributed by atoms with E-state index < -0.39 is 0 Å². The molecule has 0 N–H and O–H groups in total. The van der Waals surface area contributed by atoms with E-state index in [1.807, 2.05) is 6.08 Å². The normalized spacial score (nSPS) is 11.0. The van der Waals surface area contributed by atoms with Crippen LogP contribution in [0.1, 0.15) is 37.7 Å². The van der Waals surface area contributed by atoms with Gasteiger partial charge in [0.2, 0.25) is 0 Å². The summed E-state index contributed by atoms with van der Waals surface area (Å²) in [5, 5.41) is 0. The molecule has 81 valence electrons. The van der Waals surface area contributed by atoms with Crippen molar-refractivity contribution >= 4 is 0 Å². The van der Waals surface area contributed by atoms with Gasteiger partial charge in [0.1, 0.15) is 0 Å². The van der Waals surface area contributed by atoms with Crippen LogP contribution >= 0.6 is 0 Å². The van der Waals surface area contributed by atoms with Gasteiger partial charge in [0.25, 0.3) is 0 Å². The molecule has 1 aromatic rings. The van der Waals surface area contributed by atoms with Crippen molar-refractivity contribution < 1.29 is 0 Å². The maximum Gasteiger partial charge on any atom is -0.0279 e. The van der Waals surface area contributed by atoms with Gasteiger partial charge in [0.15, 0.2) is 0 Å². The fourth-order valence-electron chi connectivity index (χ4n) is 1.71. The van der Waals surface area contributed by atoms with Crippen LogP contribution in [0.15, 0.2) is 42.5 Å². The van der Waals surface area contributed by atoms with E-state index in [1.165, 1.54) is 44.1 Å². The summed E-state index contributed by atoms with van der Waals surface area (Å²) in [5.74, 6) is 0. The SMILES string of the molecule is [CH2]C=CCCCCCCc1ccccc1. The molecule has 15 heavy (non-hydrogen) atoms. The second-order valence-corrected chi connectivity index (χ2v) is 3.91. The van der Waals surface area contributed by atoms with Crippen LogP contribution in [0.4, 0.5) is 0 Å². The van der Waals surface area contributed by atoms with Crippen LogP contribution < -0.4 is 0 Å². The summed E-state index contributed by atoms with van der Waals surface area (Å²) in [6.07, 6.45) is 11.8. The summed E-state index contributed by atoms with van der Waals surface area (Å²) >= 11 is 0. The fraction of sp³-hybridized carbons (Fsp3) is 0.400. The molecule has 0 fully saturated rings. The predicted octanol–water partition coefficient (Wildman–Crippen LogP) is 4.57. The molecule has 0 amide bonds. The van der Waals surface area contributed by atoms with Crippen molar-refractivity contribution in [3.63, 3.8) is 0 Å². The van der Waals surface area contributed by atoms with Gasteiger partial charge >= 0.3 is 0 Å². The average molecular weight is 201 g/mol. The second-order valence-electron chi connectivity index (χ2n) is 3.91. The summed E-state index contributed by atoms with van der Waals surface area (Å²) < 4.78 is 0. The zero-order valence-electron chi connectivity index (χ0n) is 9.49. The van der Waals surface area contributed by atoms with Crippen LogP contribution in [0.2, 0.25) is 0 Å². The molecule has 0 heterocycles. The number of allylic oxidation sites excluding steroid dienone is 2. The Kier molecular flexibility index (Phi) is 6.64. The molecular formula is C15H21. The maximum absolute atomic E-state index is 3.68. The van der Waals surface area contributed by atoms with Crippen LogP contribution in [0.3, 0.4) is 0 Å². The first-order valence-electron chi connectivity index (χ1n) is 5.91. The highest BCUT2D eigenvalue weighted by atomic mass is 14.0. The number of benzene rings is 1. The lowest BCUT2D eigenvalue weighted by molar-refractivity contribution is 0.646. The van der Waals surface area contributed by atoms with Gasteiger partial charge in [-0.15, -0.1) is 0 Å². The lowest BCUT2D eigenvalue weighted by atomic mass is 10.1. The number of hydrogen-bond donors (Lipinski definition) is 0. The predicted molar refractivity (Wildman–Crippen MR) is 67.7 cm³/mol. The minimum absolute atomic E-state index is 1.19. The number of aryl methyl sites for hydroxylation is 1. The van der Waals surface area contributed by atoms with Crippen LogP contribution in [0.5, 0.6) is 0 Å². The van der Waals surface area contributed by atoms with E-state index in [9.17, 15) is 0 Å². The Hall–Kier alpha value is -1.04. The van der Waals surface area contributed by atoms with Gasteiger partial charge in [-0.2, -0.15) is 0 Å². The molecule has 0 bridgehead atoms. The Morgan fingerprint density at radius 3 is 2.40 bits per heavy atom. The highest BCUT2D eigenvalue weighted by molar-refractivity contribution is 5.14. The quantitative estimate of drug-likeness (QED) is 0.567. The molecule has 0 aliphatic carbocycles. The molecule has 1 aromatic carbocycles. The number of hydrogen-bond acceptors (Lipinski definition) is 0. The van der Waals surface area contributed by atoms with Gasteiger partial charge in [0.05, 0.1) is 0 Å². The second kappa shape index (κ2) is 8.28. The highest BCUT2D eigenvalue weighted by Gasteiger charge is 1.92. The first-order chi connectivity index (χ1) is 7.43. The van der Waals surface area contributed by atoms with Gasteiger partial charge in [-0.3, -0.25) is 0 Å². The Labute approximate surface area is 94.0 Å². The number of unbranched alkanes of at least 4 members (excludes halogenated alkanes) is 4. The fourth-order valence-corrected chi connectivity index (χ4v) is 1.71. The minimum Gasteiger partial charge on any atom is -0.0885 e. The van der Waals surface area contributed by atoms with Crippen LogP contribution in [0.25, 0.3) is 0 Å². The summed E-state index contributed by atoms with van der Waals surface area (Å²) in [6, 6.07) is 10.7. The Morgan fingerprint density at radius 1 is 0.933 bits per heavy atom. The van der Waals surface area contributed by atoms with Crippen molar-refractivity contribution in [2.75, 3.05) is 0 Å². The Balaban J connectivity index is 1.98. The van der Waals surface area contributed by atoms with Gasteiger partial charge in [-0.25, -0.2) is 0 Å². The molecule has 0 aromatic heterocycles. The maximum atomic E-state index is 3.68. The van der Waals surface area contributed by atoms with Gasteiger partial charge < -0.3 is 0 Å². The zero-order chi connectivity index (χ0) is 10.8. The van der Waals surface area contributed by atoms with Crippen molar-refractivity contribution in [1.29, 1.82) is 0 Å². The third-order valence-corrected chi connectivity index (χ3v) is 2.60. The van der Waals surface area contributed by atoms with Crippen LogP contribution in [-0.2, 0) is 6.42 Å². The molecule has 0 unspecified atom stereocenters. The standard InChI is InChI=1S/C15H21/c1-2-3-4-5-6-7-9-12-15-13-10-8-11-14-15/h2-3,8,10-11,13-14H,1,4-7,9,12H2. The van der Waals surface area contributed by atoms with Crippen LogP contribution in [0, 0.1) is 6.92 Å². The summed E-state index contributed by atoms with van der Waals surface area (Å²) in [7, 11) is 0. The molecule has 1 rings (SSSR count). The van der Waals surface area contributed by atoms with Crippen molar-refractivity contribution in [2.45, 2.75) is 38.5 Å². The van der Waals surface area contributed by atoms with Crippen molar-refractivity contribution in [3.05, 3.63) is 55.0 Å². The van der Waals surface area contributed by atoms with Crippen molar-refractivity contribution in [1.82, 2.24) is 0 Å². The molecule has 0 aliphatic heterocycles. The van der Waals surface area contributed by atoms with E-state index >= 15 is 0 Å². The molecular weight excluding hydrogens is 180 g/mol. The third kappa shape index (κ3) is 6.11. The third-order valence-electron chi connectivity index (χ3n) is 2.60. The molecule has 0 atom stereocenters. The number of rotatable bonds is 7. The smallest absolute Gasteiger partial charge is 0.0279 e. The van der Waals surface area contributed by atoms with Gasteiger partial charge in [-0.1, -0.05) is 55.3 Å². The molecule has 0 heteroatoms. The summed E-state index contributed by atoms with van der Waals surface area (Å²) in [4.78, 5) is 0.